The Morgan fingerprint density at radius 1 is 1.32 bits per heavy atom. The molecule has 0 atom stereocenters. The number of aromatic nitrogens is 2. The predicted octanol–water partition coefficient (Wildman–Crippen LogP) is 4.38. The molecule has 1 N–H and O–H groups in total. The first-order valence-electron chi connectivity index (χ1n) is 7.00. The van der Waals surface area contributed by atoms with Crippen molar-refractivity contribution >= 4 is 28.6 Å². The van der Waals surface area contributed by atoms with Gasteiger partial charge < -0.3 is 9.67 Å². The van der Waals surface area contributed by atoms with Gasteiger partial charge in [-0.1, -0.05) is 23.7 Å². The second kappa shape index (κ2) is 5.46. The molecule has 0 spiro atoms. The van der Waals surface area contributed by atoms with E-state index in [1.807, 2.05) is 42.7 Å². The van der Waals surface area contributed by atoms with Gasteiger partial charge in [-0.15, -0.1) is 0 Å². The summed E-state index contributed by atoms with van der Waals surface area (Å²) in [6.45, 7) is 4.59. The van der Waals surface area contributed by atoms with E-state index in [0.717, 1.165) is 16.7 Å². The minimum atomic E-state index is -0.967. The molecule has 1 aromatic heterocycles. The smallest absolute Gasteiger partial charge is 0.337 e. The molecule has 5 heteroatoms. The number of benzene rings is 2. The molecule has 0 bridgehead atoms. The van der Waals surface area contributed by atoms with Crippen molar-refractivity contribution in [2.75, 3.05) is 0 Å². The Bertz CT molecular complexity index is 884. The van der Waals surface area contributed by atoms with Gasteiger partial charge in [0.05, 0.1) is 22.9 Å². The van der Waals surface area contributed by atoms with Gasteiger partial charge in [0.15, 0.2) is 0 Å². The highest BCUT2D eigenvalue weighted by Gasteiger charge is 2.16. The Morgan fingerprint density at radius 3 is 2.73 bits per heavy atom. The van der Waals surface area contributed by atoms with Crippen LogP contribution in [0.4, 0.5) is 0 Å². The van der Waals surface area contributed by atoms with E-state index in [4.69, 9.17) is 11.6 Å². The van der Waals surface area contributed by atoms with Gasteiger partial charge in [0, 0.05) is 17.1 Å². The molecule has 4 nitrogen and oxygen atoms in total. The van der Waals surface area contributed by atoms with Crippen LogP contribution in [0, 0.1) is 6.92 Å². The molecule has 0 fully saturated rings. The summed E-state index contributed by atoms with van der Waals surface area (Å²) in [5, 5.41) is 10.1. The maximum absolute atomic E-state index is 11.6. The molecule has 0 aliphatic heterocycles. The van der Waals surface area contributed by atoms with Crippen LogP contribution in [-0.4, -0.2) is 20.6 Å². The van der Waals surface area contributed by atoms with Gasteiger partial charge in [0.1, 0.15) is 0 Å². The Morgan fingerprint density at radius 2 is 2.09 bits per heavy atom. The Labute approximate surface area is 133 Å². The van der Waals surface area contributed by atoms with Crippen LogP contribution in [0.15, 0.2) is 36.7 Å². The second-order valence-corrected chi connectivity index (χ2v) is 5.62. The fourth-order valence-corrected chi connectivity index (χ4v) is 2.97. The minimum absolute atomic E-state index is 0.239. The minimum Gasteiger partial charge on any atom is -0.478 e. The molecule has 3 aromatic rings. The normalized spacial score (nSPS) is 11.0. The molecular formula is C17H15ClN2O2. The van der Waals surface area contributed by atoms with E-state index in [1.54, 1.807) is 12.4 Å². The van der Waals surface area contributed by atoms with Gasteiger partial charge in [0.2, 0.25) is 0 Å². The zero-order chi connectivity index (χ0) is 15.9. The van der Waals surface area contributed by atoms with Crippen LogP contribution in [0.2, 0.25) is 5.02 Å². The van der Waals surface area contributed by atoms with Crippen LogP contribution in [0.1, 0.15) is 22.8 Å². The summed E-state index contributed by atoms with van der Waals surface area (Å²) in [7, 11) is 0. The van der Waals surface area contributed by atoms with Crippen LogP contribution in [-0.2, 0) is 6.54 Å². The fraction of sp³-hybridized carbons (Fsp3) is 0.176. The quantitative estimate of drug-likeness (QED) is 0.780. The van der Waals surface area contributed by atoms with Crippen molar-refractivity contribution in [2.24, 2.45) is 0 Å². The van der Waals surface area contributed by atoms with Crippen LogP contribution >= 0.6 is 11.6 Å². The number of halogens is 1. The number of rotatable bonds is 3. The van der Waals surface area contributed by atoms with Crippen LogP contribution in [0.25, 0.3) is 22.2 Å². The van der Waals surface area contributed by atoms with Crippen molar-refractivity contribution in [1.29, 1.82) is 0 Å². The molecule has 0 saturated carbocycles. The number of aromatic carboxylic acids is 1. The number of aryl methyl sites for hydroxylation is 2. The third kappa shape index (κ3) is 2.35. The van der Waals surface area contributed by atoms with Crippen molar-refractivity contribution < 1.29 is 9.90 Å². The molecule has 2 aromatic carbocycles. The SMILES string of the molecule is CCn1cnc2cc(-c3ccc(C)cc3Cl)cc(C(=O)O)c21. The molecule has 0 aliphatic rings. The molecule has 1 heterocycles. The van der Waals surface area contributed by atoms with Crippen LogP contribution < -0.4 is 0 Å². The van der Waals surface area contributed by atoms with Gasteiger partial charge in [0.25, 0.3) is 0 Å². The molecule has 0 saturated heterocycles. The number of carboxylic acids is 1. The zero-order valence-corrected chi connectivity index (χ0v) is 13.1. The summed E-state index contributed by atoms with van der Waals surface area (Å²) in [6, 6.07) is 9.27. The third-order valence-electron chi connectivity index (χ3n) is 3.72. The maximum atomic E-state index is 11.6. The van der Waals surface area contributed by atoms with Crippen molar-refractivity contribution in [1.82, 2.24) is 9.55 Å². The summed E-state index contributed by atoms with van der Waals surface area (Å²) in [5.74, 6) is -0.967. The number of imidazole rings is 1. The first-order valence-corrected chi connectivity index (χ1v) is 7.37. The predicted molar refractivity (Wildman–Crippen MR) is 87.5 cm³/mol. The second-order valence-electron chi connectivity index (χ2n) is 5.21. The molecule has 112 valence electrons. The number of hydrogen-bond donors (Lipinski definition) is 1. The van der Waals surface area contributed by atoms with Gasteiger partial charge in [-0.05, 0) is 43.2 Å². The zero-order valence-electron chi connectivity index (χ0n) is 12.3. The topological polar surface area (TPSA) is 55.1 Å². The lowest BCUT2D eigenvalue weighted by Crippen LogP contribution is -2.02. The number of hydrogen-bond acceptors (Lipinski definition) is 2. The summed E-state index contributed by atoms with van der Waals surface area (Å²) < 4.78 is 1.83. The van der Waals surface area contributed by atoms with Crippen LogP contribution in [0.3, 0.4) is 0 Å². The third-order valence-corrected chi connectivity index (χ3v) is 4.03. The lowest BCUT2D eigenvalue weighted by Gasteiger charge is -2.09. The van der Waals surface area contributed by atoms with Crippen molar-refractivity contribution in [3.63, 3.8) is 0 Å². The Balaban J connectivity index is 2.30. The Kier molecular flexibility index (Phi) is 3.62. The Hall–Kier alpha value is -2.33. The van der Waals surface area contributed by atoms with Gasteiger partial charge in [-0.2, -0.15) is 0 Å². The highest BCUT2D eigenvalue weighted by atomic mass is 35.5. The van der Waals surface area contributed by atoms with Crippen molar-refractivity contribution in [2.45, 2.75) is 20.4 Å². The summed E-state index contributed by atoms with van der Waals surface area (Å²) in [6.07, 6.45) is 1.66. The molecular weight excluding hydrogens is 300 g/mol. The molecule has 0 aliphatic carbocycles. The number of nitrogens with zero attached hydrogens (tertiary/aromatic N) is 2. The number of carbonyl (C=O) groups is 1. The monoisotopic (exact) mass is 314 g/mol. The van der Waals surface area contributed by atoms with Crippen molar-refractivity contribution in [3.8, 4) is 11.1 Å². The molecule has 22 heavy (non-hydrogen) atoms. The van der Waals surface area contributed by atoms with Crippen molar-refractivity contribution in [3.05, 3.63) is 52.8 Å². The molecule has 0 radical (unpaired) electrons. The lowest BCUT2D eigenvalue weighted by molar-refractivity contribution is 0.0698. The highest BCUT2D eigenvalue weighted by molar-refractivity contribution is 6.33. The van der Waals surface area contributed by atoms with E-state index in [2.05, 4.69) is 4.98 Å². The lowest BCUT2D eigenvalue weighted by atomic mass is 10.0. The van der Waals surface area contributed by atoms with E-state index in [1.165, 1.54) is 0 Å². The summed E-state index contributed by atoms with van der Waals surface area (Å²) in [4.78, 5) is 16.0. The average molecular weight is 315 g/mol. The van der Waals surface area contributed by atoms with Gasteiger partial charge >= 0.3 is 5.97 Å². The summed E-state index contributed by atoms with van der Waals surface area (Å²) in [5.41, 5.74) is 4.17. The van der Waals surface area contributed by atoms with Crippen LogP contribution in [0.5, 0.6) is 0 Å². The van der Waals surface area contributed by atoms with E-state index in [9.17, 15) is 9.90 Å². The van der Waals surface area contributed by atoms with Gasteiger partial charge in [-0.3, -0.25) is 0 Å². The largest absolute Gasteiger partial charge is 0.478 e. The van der Waals surface area contributed by atoms with E-state index < -0.39 is 5.97 Å². The molecule has 0 amide bonds. The molecule has 3 rings (SSSR count). The van der Waals surface area contributed by atoms with E-state index in [-0.39, 0.29) is 5.56 Å². The van der Waals surface area contributed by atoms with E-state index in [0.29, 0.717) is 22.6 Å². The summed E-state index contributed by atoms with van der Waals surface area (Å²) >= 11 is 6.31. The first kappa shape index (κ1) is 14.6. The first-order chi connectivity index (χ1) is 10.5. The standard InChI is InChI=1S/C17H15ClN2O2/c1-3-20-9-19-15-8-11(7-13(16(15)20)17(21)22)12-5-4-10(2)6-14(12)18/h4-9H,3H2,1-2H3,(H,21,22). The number of carboxylic acid groups (broad SMARTS) is 1. The van der Waals surface area contributed by atoms with E-state index >= 15 is 0 Å². The maximum Gasteiger partial charge on any atom is 0.337 e. The highest BCUT2D eigenvalue weighted by Crippen LogP contribution is 2.32. The number of fused-ring (bicyclic) bond motifs is 1. The molecule has 0 unspecified atom stereocenters. The average Bonchev–Trinajstić information content (AvgIpc) is 2.89. The fourth-order valence-electron chi connectivity index (χ4n) is 2.62. The van der Waals surface area contributed by atoms with Gasteiger partial charge in [-0.25, -0.2) is 9.78 Å².